The molecule has 1 saturated heterocycles. The Morgan fingerprint density at radius 1 is 1.19 bits per heavy atom. The third-order valence-corrected chi connectivity index (χ3v) is 6.69. The fourth-order valence-electron chi connectivity index (χ4n) is 4.69. The van der Waals surface area contributed by atoms with Crippen LogP contribution in [0.3, 0.4) is 0 Å². The second-order valence-corrected chi connectivity index (χ2v) is 9.10. The summed E-state index contributed by atoms with van der Waals surface area (Å²) in [6.07, 6.45) is 1.17. The number of anilines is 1. The van der Waals surface area contributed by atoms with E-state index in [1.807, 2.05) is 30.3 Å². The van der Waals surface area contributed by atoms with Crippen molar-refractivity contribution in [2.75, 3.05) is 25.0 Å². The highest BCUT2D eigenvalue weighted by molar-refractivity contribution is 5.88. The number of amides is 1. The first kappa shape index (κ1) is 21.8. The molecule has 0 bridgehead atoms. The Balaban J connectivity index is 1.36. The van der Waals surface area contributed by atoms with Gasteiger partial charge in [-0.3, -0.25) is 4.79 Å². The van der Waals surface area contributed by atoms with E-state index in [1.165, 1.54) is 18.1 Å². The molecule has 1 spiro atoms. The van der Waals surface area contributed by atoms with Crippen LogP contribution in [0.2, 0.25) is 0 Å². The summed E-state index contributed by atoms with van der Waals surface area (Å²) in [6.45, 7) is 7.78. The molecule has 0 radical (unpaired) electrons. The van der Waals surface area contributed by atoms with Crippen LogP contribution in [0.15, 0.2) is 36.4 Å². The number of benzene rings is 2. The summed E-state index contributed by atoms with van der Waals surface area (Å²) >= 11 is 0. The molecule has 2 aromatic carbocycles. The number of carbonyl (C=O) groups is 1. The average molecular weight is 425 g/mol. The molecule has 0 aromatic heterocycles. The highest BCUT2D eigenvalue weighted by atomic mass is 16.5. The van der Waals surface area contributed by atoms with Gasteiger partial charge in [-0.25, -0.2) is 0 Å². The lowest BCUT2D eigenvalue weighted by Crippen LogP contribution is -2.51. The largest absolute Gasteiger partial charge is 0.487 e. The van der Waals surface area contributed by atoms with E-state index in [-0.39, 0.29) is 11.5 Å². The van der Waals surface area contributed by atoms with Gasteiger partial charge in [-0.05, 0) is 67.6 Å². The highest BCUT2D eigenvalue weighted by Gasteiger charge is 2.43. The van der Waals surface area contributed by atoms with Crippen LogP contribution in [0.5, 0.6) is 5.75 Å². The number of nitrogens with zero attached hydrogens (tertiary/aromatic N) is 1. The molecule has 166 valence electrons. The van der Waals surface area contributed by atoms with E-state index in [1.54, 1.807) is 0 Å². The average Bonchev–Trinajstić information content (AvgIpc) is 2.72. The van der Waals surface area contributed by atoms with Crippen molar-refractivity contribution in [1.82, 2.24) is 4.90 Å². The van der Waals surface area contributed by atoms with E-state index in [0.717, 1.165) is 48.5 Å². The quantitative estimate of drug-likeness (QED) is 0.698. The number of rotatable bonds is 4. The van der Waals surface area contributed by atoms with Crippen LogP contribution in [0.1, 0.15) is 60.6 Å². The van der Waals surface area contributed by atoms with Crippen LogP contribution in [0, 0.1) is 13.8 Å². The number of β-amino-alcohol motifs (C(OH)–C–C–N with tert-alkyl or cyclic N) is 1. The first-order valence-electron chi connectivity index (χ1n) is 11.0. The van der Waals surface area contributed by atoms with Crippen molar-refractivity contribution in [2.45, 2.75) is 57.8 Å². The topological polar surface area (TPSA) is 82.0 Å². The third kappa shape index (κ3) is 4.76. The molecule has 2 aliphatic heterocycles. The van der Waals surface area contributed by atoms with Crippen molar-refractivity contribution in [2.24, 2.45) is 0 Å². The Morgan fingerprint density at radius 2 is 1.84 bits per heavy atom. The number of fused-ring (bicyclic) bond motifs is 1. The van der Waals surface area contributed by atoms with Crippen LogP contribution in [0.25, 0.3) is 0 Å². The van der Waals surface area contributed by atoms with Crippen molar-refractivity contribution in [1.29, 1.82) is 0 Å². The van der Waals surface area contributed by atoms with Crippen molar-refractivity contribution >= 4 is 11.6 Å². The molecule has 0 saturated carbocycles. The maximum atomic E-state index is 11.1. The van der Waals surface area contributed by atoms with Gasteiger partial charge < -0.3 is 25.2 Å². The van der Waals surface area contributed by atoms with Crippen LogP contribution >= 0.6 is 0 Å². The molecule has 31 heavy (non-hydrogen) atoms. The van der Waals surface area contributed by atoms with Gasteiger partial charge in [0.1, 0.15) is 11.4 Å². The fraction of sp³-hybridized carbons (Fsp3) is 0.480. The first-order chi connectivity index (χ1) is 14.7. The highest BCUT2D eigenvalue weighted by Crippen LogP contribution is 2.45. The lowest BCUT2D eigenvalue weighted by Gasteiger charge is -2.46. The van der Waals surface area contributed by atoms with Crippen LogP contribution in [-0.2, 0) is 4.79 Å². The summed E-state index contributed by atoms with van der Waals surface area (Å²) in [6, 6.07) is 11.4. The molecular formula is C25H32N2O4. The van der Waals surface area contributed by atoms with Crippen molar-refractivity contribution < 1.29 is 19.7 Å². The van der Waals surface area contributed by atoms with Gasteiger partial charge in [0.15, 0.2) is 0 Å². The Morgan fingerprint density at radius 3 is 2.48 bits per heavy atom. The SMILES string of the molecule is CC(=O)Nc1ccc([C@@H](O)CN2CCC3(CC2)C[C@@H](O)c2cc(C)c(C)cc2O3)cc1. The Kier molecular flexibility index (Phi) is 6.06. The molecule has 4 rings (SSSR count). The second kappa shape index (κ2) is 8.61. The number of nitrogens with one attached hydrogen (secondary N) is 1. The van der Waals surface area contributed by atoms with E-state index in [0.29, 0.717) is 13.0 Å². The van der Waals surface area contributed by atoms with Crippen molar-refractivity contribution in [3.63, 3.8) is 0 Å². The Hall–Kier alpha value is -2.41. The number of hydrogen-bond acceptors (Lipinski definition) is 5. The van der Waals surface area contributed by atoms with E-state index in [4.69, 9.17) is 4.74 Å². The number of ether oxygens (including phenoxy) is 1. The minimum absolute atomic E-state index is 0.112. The number of piperidine rings is 1. The minimum Gasteiger partial charge on any atom is -0.487 e. The number of hydrogen-bond donors (Lipinski definition) is 3. The van der Waals surface area contributed by atoms with Gasteiger partial charge in [-0.15, -0.1) is 0 Å². The standard InChI is InChI=1S/C25H32N2O4/c1-16-12-21-22(29)14-25(31-24(21)13-17(16)2)8-10-27(11-9-25)15-23(30)19-4-6-20(7-5-19)26-18(3)28/h4-7,12-13,22-23,29-30H,8-11,14-15H2,1-3H3,(H,26,28)/t22-,23+/m1/s1. The maximum absolute atomic E-state index is 11.1. The van der Waals surface area contributed by atoms with Gasteiger partial charge >= 0.3 is 0 Å². The Labute approximate surface area is 183 Å². The normalized spacial score (nSPS) is 21.3. The van der Waals surface area contributed by atoms with Crippen LogP contribution < -0.4 is 10.1 Å². The molecule has 2 aromatic rings. The van der Waals surface area contributed by atoms with Gasteiger partial charge in [-0.1, -0.05) is 12.1 Å². The van der Waals surface area contributed by atoms with E-state index < -0.39 is 12.2 Å². The van der Waals surface area contributed by atoms with E-state index >= 15 is 0 Å². The molecule has 1 fully saturated rings. The first-order valence-corrected chi connectivity index (χ1v) is 11.0. The van der Waals surface area contributed by atoms with Gasteiger partial charge in [0.05, 0.1) is 12.2 Å². The minimum atomic E-state index is -0.593. The number of likely N-dealkylation sites (tertiary alicyclic amines) is 1. The predicted molar refractivity (Wildman–Crippen MR) is 120 cm³/mol. The Bertz CT molecular complexity index is 949. The van der Waals surface area contributed by atoms with Gasteiger partial charge in [0.2, 0.25) is 5.91 Å². The van der Waals surface area contributed by atoms with Crippen molar-refractivity contribution in [3.05, 3.63) is 58.7 Å². The van der Waals surface area contributed by atoms with E-state index in [9.17, 15) is 15.0 Å². The number of carbonyl (C=O) groups excluding carboxylic acids is 1. The lowest BCUT2D eigenvalue weighted by molar-refractivity contribution is -0.114. The smallest absolute Gasteiger partial charge is 0.221 e. The van der Waals surface area contributed by atoms with Crippen LogP contribution in [-0.4, -0.2) is 46.3 Å². The third-order valence-electron chi connectivity index (χ3n) is 6.69. The summed E-state index contributed by atoms with van der Waals surface area (Å²) in [4.78, 5) is 13.4. The molecule has 2 aliphatic rings. The molecule has 1 amide bonds. The maximum Gasteiger partial charge on any atom is 0.221 e. The van der Waals surface area contributed by atoms with Gasteiger partial charge in [0.25, 0.3) is 0 Å². The zero-order chi connectivity index (χ0) is 22.2. The summed E-state index contributed by atoms with van der Waals surface area (Å²) in [7, 11) is 0. The number of aryl methyl sites for hydroxylation is 2. The molecule has 0 aliphatic carbocycles. The number of aliphatic hydroxyl groups excluding tert-OH is 2. The molecule has 2 heterocycles. The van der Waals surface area contributed by atoms with Crippen LogP contribution in [0.4, 0.5) is 5.69 Å². The monoisotopic (exact) mass is 424 g/mol. The summed E-state index contributed by atoms with van der Waals surface area (Å²) in [5.41, 5.74) is 4.46. The zero-order valence-corrected chi connectivity index (χ0v) is 18.5. The van der Waals surface area contributed by atoms with Gasteiger partial charge in [0, 0.05) is 44.2 Å². The fourth-order valence-corrected chi connectivity index (χ4v) is 4.69. The molecule has 0 unspecified atom stereocenters. The summed E-state index contributed by atoms with van der Waals surface area (Å²) in [5, 5.41) is 24.2. The molecule has 6 heteroatoms. The molecule has 2 atom stereocenters. The summed E-state index contributed by atoms with van der Waals surface area (Å²) < 4.78 is 6.47. The number of aliphatic hydroxyl groups is 2. The van der Waals surface area contributed by atoms with Gasteiger partial charge in [-0.2, -0.15) is 0 Å². The zero-order valence-electron chi connectivity index (χ0n) is 18.5. The second-order valence-electron chi connectivity index (χ2n) is 9.10. The molecule has 3 N–H and O–H groups in total. The molecular weight excluding hydrogens is 392 g/mol. The van der Waals surface area contributed by atoms with E-state index in [2.05, 4.69) is 30.1 Å². The molecule has 6 nitrogen and oxygen atoms in total. The lowest BCUT2D eigenvalue weighted by atomic mass is 9.81. The predicted octanol–water partition coefficient (Wildman–Crippen LogP) is 3.65. The summed E-state index contributed by atoms with van der Waals surface area (Å²) in [5.74, 6) is 0.702. The van der Waals surface area contributed by atoms with Crippen molar-refractivity contribution in [3.8, 4) is 5.75 Å².